The number of carbonyl (C=O) groups is 1. The van der Waals surface area contributed by atoms with Crippen LogP contribution in [0.4, 0.5) is 13.2 Å². The van der Waals surface area contributed by atoms with E-state index in [-0.39, 0.29) is 16.1 Å². The zero-order valence-corrected chi connectivity index (χ0v) is 8.89. The molecule has 2 rings (SSSR count). The monoisotopic (exact) mass is 262 g/mol. The quantitative estimate of drug-likeness (QED) is 0.874. The Morgan fingerprint density at radius 3 is 2.65 bits per heavy atom. The summed E-state index contributed by atoms with van der Waals surface area (Å²) in [5, 5.41) is 14.7. The number of alkyl halides is 3. The van der Waals surface area contributed by atoms with Gasteiger partial charge in [-0.1, -0.05) is 0 Å². The maximum Gasteiger partial charge on any atom is 0.425 e. The molecule has 17 heavy (non-hydrogen) atoms. The van der Waals surface area contributed by atoms with E-state index < -0.39 is 17.0 Å². The molecular formula is C9H5F3N2O2S. The summed E-state index contributed by atoms with van der Waals surface area (Å²) in [7, 11) is 0. The van der Waals surface area contributed by atoms with Crippen LogP contribution in [0.3, 0.4) is 0 Å². The minimum atomic E-state index is -4.42. The van der Waals surface area contributed by atoms with E-state index in [4.69, 9.17) is 5.11 Å². The Bertz CT molecular complexity index is 559. The lowest BCUT2D eigenvalue weighted by molar-refractivity contribution is -0.134. The van der Waals surface area contributed by atoms with E-state index in [0.29, 0.717) is 11.3 Å². The van der Waals surface area contributed by atoms with Crippen molar-refractivity contribution in [1.29, 1.82) is 0 Å². The molecule has 0 spiro atoms. The number of carboxylic acid groups (broad SMARTS) is 1. The summed E-state index contributed by atoms with van der Waals surface area (Å²) in [6.45, 7) is 0. The molecular weight excluding hydrogens is 257 g/mol. The Labute approximate surface area is 96.7 Å². The van der Waals surface area contributed by atoms with Gasteiger partial charge in [0.05, 0.1) is 16.8 Å². The standard InChI is InChI=1S/C9H5F3N2O2S/c10-9(11,12)6-2-1-5(17-6)7-4(8(15)16)3-13-14-7/h1-3H,(H,13,14)(H,15,16). The third kappa shape index (κ3) is 2.16. The van der Waals surface area contributed by atoms with Gasteiger partial charge in [0.2, 0.25) is 0 Å². The lowest BCUT2D eigenvalue weighted by Crippen LogP contribution is -2.00. The third-order valence-electron chi connectivity index (χ3n) is 2.00. The summed E-state index contributed by atoms with van der Waals surface area (Å²) in [5.41, 5.74) is -0.0708. The smallest absolute Gasteiger partial charge is 0.425 e. The van der Waals surface area contributed by atoms with Crippen molar-refractivity contribution in [1.82, 2.24) is 10.2 Å². The summed E-state index contributed by atoms with van der Waals surface area (Å²) in [4.78, 5) is 10.2. The number of aromatic nitrogens is 2. The van der Waals surface area contributed by atoms with Gasteiger partial charge >= 0.3 is 12.1 Å². The number of halogens is 3. The van der Waals surface area contributed by atoms with Crippen LogP contribution in [0.25, 0.3) is 10.6 Å². The van der Waals surface area contributed by atoms with Crippen molar-refractivity contribution in [2.75, 3.05) is 0 Å². The van der Waals surface area contributed by atoms with E-state index in [1.54, 1.807) is 0 Å². The first-order chi connectivity index (χ1) is 7.89. The first-order valence-corrected chi connectivity index (χ1v) is 5.15. The van der Waals surface area contributed by atoms with E-state index in [2.05, 4.69) is 10.2 Å². The van der Waals surface area contributed by atoms with Crippen LogP contribution in [0.15, 0.2) is 18.3 Å². The Hall–Kier alpha value is -1.83. The van der Waals surface area contributed by atoms with Crippen molar-refractivity contribution in [3.05, 3.63) is 28.8 Å². The molecule has 0 radical (unpaired) electrons. The maximum absolute atomic E-state index is 12.4. The molecule has 4 nitrogen and oxygen atoms in total. The number of carboxylic acids is 1. The zero-order valence-electron chi connectivity index (χ0n) is 8.08. The number of aromatic carboxylic acids is 1. The molecule has 0 aromatic carbocycles. The summed E-state index contributed by atoms with van der Waals surface area (Å²) >= 11 is 0.470. The Morgan fingerprint density at radius 1 is 1.41 bits per heavy atom. The van der Waals surface area contributed by atoms with Gasteiger partial charge in [-0.25, -0.2) is 4.79 Å². The second-order valence-corrected chi connectivity index (χ2v) is 4.21. The molecule has 0 saturated heterocycles. The van der Waals surface area contributed by atoms with Crippen LogP contribution in [0, 0.1) is 0 Å². The number of aromatic amines is 1. The van der Waals surface area contributed by atoms with E-state index >= 15 is 0 Å². The van der Waals surface area contributed by atoms with Crippen molar-refractivity contribution in [2.45, 2.75) is 6.18 Å². The number of thiophene rings is 1. The number of hydrogen-bond donors (Lipinski definition) is 2. The molecule has 0 saturated carbocycles. The first-order valence-electron chi connectivity index (χ1n) is 4.33. The molecule has 90 valence electrons. The summed E-state index contributed by atoms with van der Waals surface area (Å²) < 4.78 is 37.1. The lowest BCUT2D eigenvalue weighted by Gasteiger charge is -2.00. The number of H-pyrrole nitrogens is 1. The van der Waals surface area contributed by atoms with E-state index in [9.17, 15) is 18.0 Å². The molecule has 0 aliphatic carbocycles. The largest absolute Gasteiger partial charge is 0.478 e. The Morgan fingerprint density at radius 2 is 2.12 bits per heavy atom. The second kappa shape index (κ2) is 3.88. The van der Waals surface area contributed by atoms with Crippen LogP contribution in [0.1, 0.15) is 15.2 Å². The normalized spacial score (nSPS) is 11.7. The van der Waals surface area contributed by atoms with Gasteiger partial charge < -0.3 is 5.11 Å². The molecule has 2 heterocycles. The molecule has 0 aliphatic rings. The topological polar surface area (TPSA) is 66.0 Å². The van der Waals surface area contributed by atoms with Crippen LogP contribution >= 0.6 is 11.3 Å². The molecule has 0 aliphatic heterocycles. The second-order valence-electron chi connectivity index (χ2n) is 3.13. The van der Waals surface area contributed by atoms with Crippen molar-refractivity contribution in [3.8, 4) is 10.6 Å². The van der Waals surface area contributed by atoms with Gasteiger partial charge in [0.15, 0.2) is 0 Å². The molecule has 0 atom stereocenters. The van der Waals surface area contributed by atoms with E-state index in [1.807, 2.05) is 0 Å². The average molecular weight is 262 g/mol. The molecule has 8 heteroatoms. The molecule has 2 aromatic rings. The fourth-order valence-corrected chi connectivity index (χ4v) is 2.14. The predicted octanol–water partition coefficient (Wildman–Crippen LogP) is 2.86. The van der Waals surface area contributed by atoms with E-state index in [0.717, 1.165) is 12.3 Å². The molecule has 2 aromatic heterocycles. The van der Waals surface area contributed by atoms with Crippen molar-refractivity contribution >= 4 is 17.3 Å². The maximum atomic E-state index is 12.4. The van der Waals surface area contributed by atoms with Gasteiger partial charge in [0.25, 0.3) is 0 Å². The van der Waals surface area contributed by atoms with Gasteiger partial charge in [0, 0.05) is 0 Å². The molecule has 0 amide bonds. The Kier molecular flexibility index (Phi) is 2.66. The number of rotatable bonds is 2. The number of hydrogen-bond acceptors (Lipinski definition) is 3. The highest BCUT2D eigenvalue weighted by atomic mass is 32.1. The molecule has 2 N–H and O–H groups in total. The highest BCUT2D eigenvalue weighted by Gasteiger charge is 2.33. The summed E-state index contributed by atoms with van der Waals surface area (Å²) in [6.07, 6.45) is -3.36. The van der Waals surface area contributed by atoms with Gasteiger partial charge in [-0.2, -0.15) is 18.3 Å². The van der Waals surface area contributed by atoms with Crippen LogP contribution < -0.4 is 0 Å². The highest BCUT2D eigenvalue weighted by molar-refractivity contribution is 7.15. The van der Waals surface area contributed by atoms with Crippen LogP contribution in [0.2, 0.25) is 0 Å². The molecule has 0 unspecified atom stereocenters. The van der Waals surface area contributed by atoms with Gasteiger partial charge in [0.1, 0.15) is 10.4 Å². The van der Waals surface area contributed by atoms with Gasteiger partial charge in [-0.3, -0.25) is 5.10 Å². The highest BCUT2D eigenvalue weighted by Crippen LogP contribution is 2.38. The van der Waals surface area contributed by atoms with Crippen LogP contribution in [-0.4, -0.2) is 21.3 Å². The van der Waals surface area contributed by atoms with Crippen LogP contribution in [0.5, 0.6) is 0 Å². The van der Waals surface area contributed by atoms with E-state index in [1.165, 1.54) is 6.07 Å². The molecule has 0 fully saturated rings. The molecule has 0 bridgehead atoms. The minimum Gasteiger partial charge on any atom is -0.478 e. The first kappa shape index (κ1) is 11.6. The SMILES string of the molecule is O=C(O)c1cn[nH]c1-c1ccc(C(F)(F)F)s1. The average Bonchev–Trinajstić information content (AvgIpc) is 2.85. The summed E-state index contributed by atoms with van der Waals surface area (Å²) in [6, 6.07) is 2.12. The number of nitrogens with zero attached hydrogens (tertiary/aromatic N) is 1. The fourth-order valence-electron chi connectivity index (χ4n) is 1.26. The third-order valence-corrected chi connectivity index (χ3v) is 3.15. The van der Waals surface area contributed by atoms with Crippen molar-refractivity contribution < 1.29 is 23.1 Å². The Balaban J connectivity index is 2.44. The van der Waals surface area contributed by atoms with Crippen LogP contribution in [-0.2, 0) is 6.18 Å². The minimum absolute atomic E-state index is 0.0815. The number of nitrogens with one attached hydrogen (secondary N) is 1. The zero-order chi connectivity index (χ0) is 12.6. The van der Waals surface area contributed by atoms with Crippen molar-refractivity contribution in [2.24, 2.45) is 0 Å². The van der Waals surface area contributed by atoms with Gasteiger partial charge in [-0.15, -0.1) is 11.3 Å². The van der Waals surface area contributed by atoms with Crippen molar-refractivity contribution in [3.63, 3.8) is 0 Å². The predicted molar refractivity (Wildman–Crippen MR) is 53.9 cm³/mol. The van der Waals surface area contributed by atoms with Gasteiger partial charge in [-0.05, 0) is 12.1 Å². The lowest BCUT2D eigenvalue weighted by atomic mass is 10.2. The fraction of sp³-hybridized carbons (Fsp3) is 0.111. The summed E-state index contributed by atoms with van der Waals surface area (Å²) in [5.74, 6) is -1.24.